The van der Waals surface area contributed by atoms with Crippen molar-refractivity contribution >= 4 is 5.97 Å². The Balaban J connectivity index is 3.39. The predicted octanol–water partition coefficient (Wildman–Crippen LogP) is 1.33. The maximum atomic E-state index is 10.2. The van der Waals surface area contributed by atoms with Crippen LogP contribution in [-0.4, -0.2) is 46.8 Å². The number of hydrogen-bond donors (Lipinski definition) is 2. The zero-order chi connectivity index (χ0) is 11.9. The summed E-state index contributed by atoms with van der Waals surface area (Å²) in [5.74, 6) is -0.722. The van der Waals surface area contributed by atoms with Crippen molar-refractivity contribution in [1.82, 2.24) is 4.90 Å². The summed E-state index contributed by atoms with van der Waals surface area (Å²) in [6.45, 7) is 5.12. The number of carbonyl (C=O) groups is 1. The van der Waals surface area contributed by atoms with E-state index in [1.165, 1.54) is 0 Å². The molecule has 4 heteroatoms. The highest BCUT2D eigenvalue weighted by Crippen LogP contribution is 2.05. The van der Waals surface area contributed by atoms with Gasteiger partial charge in [-0.2, -0.15) is 0 Å². The molecule has 0 aromatic heterocycles. The van der Waals surface area contributed by atoms with E-state index in [1.807, 2.05) is 7.05 Å². The average Bonchev–Trinajstić information content (AvgIpc) is 1.99. The molecule has 0 aromatic rings. The van der Waals surface area contributed by atoms with Crippen LogP contribution in [0.5, 0.6) is 0 Å². The largest absolute Gasteiger partial charge is 0.481 e. The summed E-state index contributed by atoms with van der Waals surface area (Å²) in [4.78, 5) is 12.3. The molecule has 4 nitrogen and oxygen atoms in total. The highest BCUT2D eigenvalue weighted by atomic mass is 16.4. The van der Waals surface area contributed by atoms with Crippen LogP contribution in [0.25, 0.3) is 0 Å². The molecule has 90 valence electrons. The molecule has 0 bridgehead atoms. The lowest BCUT2D eigenvalue weighted by Crippen LogP contribution is -2.36. The van der Waals surface area contributed by atoms with E-state index in [2.05, 4.69) is 4.90 Å². The number of hydrogen-bond acceptors (Lipinski definition) is 3. The molecule has 0 saturated heterocycles. The quantitative estimate of drug-likeness (QED) is 0.602. The van der Waals surface area contributed by atoms with E-state index < -0.39 is 11.6 Å². The molecule has 0 rings (SSSR count). The van der Waals surface area contributed by atoms with Gasteiger partial charge in [-0.05, 0) is 40.3 Å². The first-order valence-corrected chi connectivity index (χ1v) is 5.44. The second kappa shape index (κ2) is 6.80. The summed E-state index contributed by atoms with van der Waals surface area (Å²) in [6.07, 6.45) is 2.92. The molecule has 0 radical (unpaired) electrons. The van der Waals surface area contributed by atoms with Crippen LogP contribution in [0.2, 0.25) is 0 Å². The third-order valence-corrected chi connectivity index (χ3v) is 2.09. The lowest BCUT2D eigenvalue weighted by molar-refractivity contribution is -0.137. The van der Waals surface area contributed by atoms with E-state index in [4.69, 9.17) is 5.11 Å². The molecule has 0 fully saturated rings. The van der Waals surface area contributed by atoms with Gasteiger partial charge >= 0.3 is 5.97 Å². The van der Waals surface area contributed by atoms with Crippen molar-refractivity contribution in [1.29, 1.82) is 0 Å². The van der Waals surface area contributed by atoms with Crippen molar-refractivity contribution in [3.63, 3.8) is 0 Å². The van der Waals surface area contributed by atoms with Crippen molar-refractivity contribution in [2.75, 3.05) is 20.1 Å². The Bertz CT molecular complexity index is 187. The molecule has 0 atom stereocenters. The monoisotopic (exact) mass is 217 g/mol. The summed E-state index contributed by atoms with van der Waals surface area (Å²) < 4.78 is 0. The van der Waals surface area contributed by atoms with E-state index in [9.17, 15) is 9.90 Å². The summed E-state index contributed by atoms with van der Waals surface area (Å²) in [5.41, 5.74) is -0.657. The molecule has 0 aliphatic heterocycles. The Morgan fingerprint density at radius 2 is 1.87 bits per heavy atom. The molecule has 15 heavy (non-hydrogen) atoms. The Kier molecular flexibility index (Phi) is 6.52. The third kappa shape index (κ3) is 11.3. The SMILES string of the molecule is CN(CCCCCC(=O)O)CC(C)(C)O. The highest BCUT2D eigenvalue weighted by Gasteiger charge is 2.14. The van der Waals surface area contributed by atoms with Crippen molar-refractivity contribution in [2.24, 2.45) is 0 Å². The zero-order valence-corrected chi connectivity index (χ0v) is 9.99. The van der Waals surface area contributed by atoms with E-state index >= 15 is 0 Å². The fourth-order valence-corrected chi connectivity index (χ4v) is 1.57. The summed E-state index contributed by atoms with van der Waals surface area (Å²) in [7, 11) is 1.97. The van der Waals surface area contributed by atoms with Crippen molar-refractivity contribution in [3.8, 4) is 0 Å². The number of carboxylic acids is 1. The minimum Gasteiger partial charge on any atom is -0.481 e. The second-order valence-corrected chi connectivity index (χ2v) is 4.75. The van der Waals surface area contributed by atoms with Crippen LogP contribution >= 0.6 is 0 Å². The van der Waals surface area contributed by atoms with Crippen molar-refractivity contribution < 1.29 is 15.0 Å². The lowest BCUT2D eigenvalue weighted by atomic mass is 10.1. The summed E-state index contributed by atoms with van der Waals surface area (Å²) in [6, 6.07) is 0. The lowest BCUT2D eigenvalue weighted by Gasteiger charge is -2.25. The molecule has 0 aromatic carbocycles. The van der Waals surface area contributed by atoms with Crippen LogP contribution in [0.3, 0.4) is 0 Å². The summed E-state index contributed by atoms with van der Waals surface area (Å²) in [5, 5.41) is 18.0. The van der Waals surface area contributed by atoms with Gasteiger partial charge in [-0.3, -0.25) is 4.79 Å². The van der Waals surface area contributed by atoms with Gasteiger partial charge in [0.1, 0.15) is 0 Å². The van der Waals surface area contributed by atoms with E-state index in [0.717, 1.165) is 25.8 Å². The molecular weight excluding hydrogens is 194 g/mol. The molecule has 0 aliphatic carbocycles. The maximum Gasteiger partial charge on any atom is 0.303 e. The van der Waals surface area contributed by atoms with Gasteiger partial charge in [-0.1, -0.05) is 6.42 Å². The highest BCUT2D eigenvalue weighted by molar-refractivity contribution is 5.66. The van der Waals surface area contributed by atoms with Crippen LogP contribution in [0.1, 0.15) is 39.5 Å². The molecule has 2 N–H and O–H groups in total. The van der Waals surface area contributed by atoms with Gasteiger partial charge < -0.3 is 15.1 Å². The van der Waals surface area contributed by atoms with Crippen molar-refractivity contribution in [3.05, 3.63) is 0 Å². The van der Waals surface area contributed by atoms with E-state index in [0.29, 0.717) is 6.54 Å². The smallest absolute Gasteiger partial charge is 0.303 e. The first-order chi connectivity index (χ1) is 6.81. The molecule has 0 spiro atoms. The molecule has 0 amide bonds. The molecule has 0 heterocycles. The Morgan fingerprint density at radius 1 is 1.27 bits per heavy atom. The van der Waals surface area contributed by atoms with Gasteiger partial charge in [0.15, 0.2) is 0 Å². The molecule has 0 saturated carbocycles. The number of likely N-dealkylation sites (N-methyl/N-ethyl adjacent to an activating group) is 1. The minimum atomic E-state index is -0.722. The van der Waals surface area contributed by atoms with Crippen molar-refractivity contribution in [2.45, 2.75) is 45.1 Å². The predicted molar refractivity (Wildman–Crippen MR) is 59.9 cm³/mol. The normalized spacial score (nSPS) is 12.1. The number of aliphatic hydroxyl groups is 1. The van der Waals surface area contributed by atoms with E-state index in [1.54, 1.807) is 13.8 Å². The van der Waals surface area contributed by atoms with Crippen LogP contribution < -0.4 is 0 Å². The van der Waals surface area contributed by atoms with Crippen LogP contribution in [0.4, 0.5) is 0 Å². The Morgan fingerprint density at radius 3 is 2.33 bits per heavy atom. The van der Waals surface area contributed by atoms with Gasteiger partial charge in [0.25, 0.3) is 0 Å². The van der Waals surface area contributed by atoms with Crippen LogP contribution in [0, 0.1) is 0 Å². The number of unbranched alkanes of at least 4 members (excludes halogenated alkanes) is 2. The van der Waals surface area contributed by atoms with Gasteiger partial charge in [-0.15, -0.1) is 0 Å². The zero-order valence-electron chi connectivity index (χ0n) is 9.99. The Labute approximate surface area is 91.9 Å². The number of nitrogens with zero attached hydrogens (tertiary/aromatic N) is 1. The van der Waals surface area contributed by atoms with Gasteiger partial charge in [0.05, 0.1) is 5.60 Å². The van der Waals surface area contributed by atoms with Crippen LogP contribution in [0.15, 0.2) is 0 Å². The van der Waals surface area contributed by atoms with E-state index in [-0.39, 0.29) is 6.42 Å². The fraction of sp³-hybridized carbons (Fsp3) is 0.909. The van der Waals surface area contributed by atoms with Gasteiger partial charge in [-0.25, -0.2) is 0 Å². The van der Waals surface area contributed by atoms with Crippen LogP contribution in [-0.2, 0) is 4.79 Å². The number of aliphatic carboxylic acids is 1. The molecular formula is C11H23NO3. The number of carboxylic acid groups (broad SMARTS) is 1. The first-order valence-electron chi connectivity index (χ1n) is 5.44. The second-order valence-electron chi connectivity index (χ2n) is 4.75. The number of rotatable bonds is 8. The summed E-state index contributed by atoms with van der Waals surface area (Å²) >= 11 is 0. The first kappa shape index (κ1) is 14.4. The van der Waals surface area contributed by atoms with Gasteiger partial charge in [0, 0.05) is 13.0 Å². The minimum absolute atomic E-state index is 0.259. The molecule has 0 unspecified atom stereocenters. The average molecular weight is 217 g/mol. The Hall–Kier alpha value is -0.610. The topological polar surface area (TPSA) is 60.8 Å². The third-order valence-electron chi connectivity index (χ3n) is 2.09. The standard InChI is InChI=1S/C11H23NO3/c1-11(2,15)9-12(3)8-6-4-5-7-10(13)14/h15H,4-9H2,1-3H3,(H,13,14). The maximum absolute atomic E-state index is 10.2. The fourth-order valence-electron chi connectivity index (χ4n) is 1.57. The van der Waals surface area contributed by atoms with Gasteiger partial charge in [0.2, 0.25) is 0 Å². The molecule has 0 aliphatic rings.